The Morgan fingerprint density at radius 3 is 2.35 bits per heavy atom. The van der Waals surface area contributed by atoms with Crippen molar-refractivity contribution < 1.29 is 18.8 Å². The number of nitrogens with one attached hydrogen (secondary N) is 2. The molecule has 0 saturated heterocycles. The predicted molar refractivity (Wildman–Crippen MR) is 117 cm³/mol. The number of carbonyl (C=O) groups excluding carboxylic acids is 2. The molecule has 2 amide bonds. The number of benzene rings is 2. The van der Waals surface area contributed by atoms with Crippen LogP contribution in [0.15, 0.2) is 40.9 Å². The largest absolute Gasteiger partial charge is 0.484 e. The molecule has 3 aromatic rings. The van der Waals surface area contributed by atoms with E-state index in [0.29, 0.717) is 21.4 Å². The zero-order chi connectivity index (χ0) is 22.4. The molecule has 0 aliphatic heterocycles. The predicted octanol–water partition coefficient (Wildman–Crippen LogP) is 3.59. The maximum atomic E-state index is 12.1. The van der Waals surface area contributed by atoms with Gasteiger partial charge in [0.2, 0.25) is 5.82 Å². The lowest BCUT2D eigenvalue weighted by Crippen LogP contribution is -2.36. The summed E-state index contributed by atoms with van der Waals surface area (Å²) in [6.45, 7) is 3.98. The molecule has 31 heavy (non-hydrogen) atoms. The van der Waals surface area contributed by atoms with E-state index in [2.05, 4.69) is 20.8 Å². The molecule has 2 N–H and O–H groups in total. The molecule has 1 aromatic heterocycles. The molecule has 0 bridgehead atoms. The van der Waals surface area contributed by atoms with Gasteiger partial charge in [-0.25, -0.2) is 0 Å². The van der Waals surface area contributed by atoms with E-state index in [1.54, 1.807) is 36.4 Å². The lowest BCUT2D eigenvalue weighted by molar-refractivity contribution is -0.123. The molecule has 3 rings (SSSR count). The van der Waals surface area contributed by atoms with Crippen LogP contribution in [0.3, 0.4) is 0 Å². The molecule has 10 heteroatoms. The molecular formula is C21H20Cl2N4O4. The van der Waals surface area contributed by atoms with E-state index < -0.39 is 5.91 Å². The summed E-state index contributed by atoms with van der Waals surface area (Å²) in [5.41, 5.74) is 2.42. The molecule has 0 fully saturated rings. The Bertz CT molecular complexity index is 1060. The molecule has 0 atom stereocenters. The number of amides is 2. The van der Waals surface area contributed by atoms with Crippen LogP contribution in [0.2, 0.25) is 10.0 Å². The van der Waals surface area contributed by atoms with Crippen LogP contribution in [-0.2, 0) is 4.79 Å². The fraction of sp³-hybridized carbons (Fsp3) is 0.238. The first-order chi connectivity index (χ1) is 14.8. The minimum atomic E-state index is -0.537. The minimum absolute atomic E-state index is 0.150. The molecule has 0 aliphatic carbocycles. The summed E-state index contributed by atoms with van der Waals surface area (Å²) >= 11 is 12.0. The molecule has 162 valence electrons. The van der Waals surface area contributed by atoms with Gasteiger partial charge in [-0.2, -0.15) is 4.98 Å². The summed E-state index contributed by atoms with van der Waals surface area (Å²) in [7, 11) is 0. The zero-order valence-electron chi connectivity index (χ0n) is 16.9. The van der Waals surface area contributed by atoms with Gasteiger partial charge in [-0.15, -0.1) is 0 Å². The van der Waals surface area contributed by atoms with E-state index in [0.717, 1.165) is 11.1 Å². The number of hydrogen-bond acceptors (Lipinski definition) is 6. The van der Waals surface area contributed by atoms with Gasteiger partial charge < -0.3 is 19.9 Å². The van der Waals surface area contributed by atoms with Crippen LogP contribution in [0, 0.1) is 13.8 Å². The summed E-state index contributed by atoms with van der Waals surface area (Å²) in [6, 6.07) is 10.4. The summed E-state index contributed by atoms with van der Waals surface area (Å²) < 4.78 is 10.5. The Balaban J connectivity index is 1.40. The highest BCUT2D eigenvalue weighted by molar-refractivity contribution is 6.32. The van der Waals surface area contributed by atoms with Gasteiger partial charge in [0.25, 0.3) is 5.91 Å². The fourth-order valence-electron chi connectivity index (χ4n) is 2.67. The van der Waals surface area contributed by atoms with Crippen LogP contribution in [-0.4, -0.2) is 41.7 Å². The first-order valence-electron chi connectivity index (χ1n) is 9.37. The van der Waals surface area contributed by atoms with Crippen molar-refractivity contribution >= 4 is 35.0 Å². The van der Waals surface area contributed by atoms with Gasteiger partial charge in [-0.3, -0.25) is 9.59 Å². The van der Waals surface area contributed by atoms with Crippen LogP contribution in [0.25, 0.3) is 11.4 Å². The van der Waals surface area contributed by atoms with Crippen molar-refractivity contribution in [2.45, 2.75) is 13.8 Å². The average molecular weight is 463 g/mol. The molecule has 0 unspecified atom stereocenters. The monoisotopic (exact) mass is 462 g/mol. The summed E-state index contributed by atoms with van der Waals surface area (Å²) in [4.78, 5) is 28.1. The minimum Gasteiger partial charge on any atom is -0.484 e. The van der Waals surface area contributed by atoms with Gasteiger partial charge in [0.15, 0.2) is 6.61 Å². The summed E-state index contributed by atoms with van der Waals surface area (Å²) in [5, 5.41) is 10.3. The third kappa shape index (κ3) is 6.19. The van der Waals surface area contributed by atoms with Crippen LogP contribution in [0.5, 0.6) is 5.75 Å². The van der Waals surface area contributed by atoms with Crippen LogP contribution >= 0.6 is 23.2 Å². The molecule has 0 aliphatic rings. The second-order valence-corrected chi connectivity index (χ2v) is 7.51. The number of nitrogens with zero attached hydrogens (tertiary/aromatic N) is 2. The molecule has 2 aromatic carbocycles. The number of carbonyl (C=O) groups is 2. The number of rotatable bonds is 8. The van der Waals surface area contributed by atoms with E-state index in [4.69, 9.17) is 32.5 Å². The van der Waals surface area contributed by atoms with Crippen molar-refractivity contribution in [2.75, 3.05) is 19.7 Å². The first kappa shape index (κ1) is 22.6. The van der Waals surface area contributed by atoms with Gasteiger partial charge in [0.05, 0.1) is 0 Å². The molecular weight excluding hydrogens is 443 g/mol. The topological polar surface area (TPSA) is 106 Å². The van der Waals surface area contributed by atoms with Gasteiger partial charge in [0.1, 0.15) is 5.75 Å². The van der Waals surface area contributed by atoms with E-state index in [1.165, 1.54) is 0 Å². The van der Waals surface area contributed by atoms with E-state index in [-0.39, 0.29) is 37.3 Å². The lowest BCUT2D eigenvalue weighted by Gasteiger charge is -2.10. The van der Waals surface area contributed by atoms with E-state index in [9.17, 15) is 9.59 Å². The van der Waals surface area contributed by atoms with Gasteiger partial charge in [-0.05, 0) is 61.4 Å². The van der Waals surface area contributed by atoms with Crippen LogP contribution in [0.4, 0.5) is 0 Å². The maximum Gasteiger partial charge on any atom is 0.316 e. The van der Waals surface area contributed by atoms with E-state index in [1.807, 2.05) is 13.8 Å². The van der Waals surface area contributed by atoms with E-state index >= 15 is 0 Å². The number of aromatic nitrogens is 2. The zero-order valence-corrected chi connectivity index (χ0v) is 18.4. The van der Waals surface area contributed by atoms with Crippen molar-refractivity contribution in [1.29, 1.82) is 0 Å². The van der Waals surface area contributed by atoms with Crippen molar-refractivity contribution in [3.8, 4) is 17.1 Å². The standard InChI is InChI=1S/C21H20Cl2N4O4/c1-12-9-16(10-13(2)18(12)23)30-11-17(28)24-7-8-25-20(29)21-26-19(27-31-21)14-3-5-15(22)6-4-14/h3-6,9-10H,7-8,11H2,1-2H3,(H,24,28)(H,25,29). The molecule has 1 heterocycles. The maximum absolute atomic E-state index is 12.1. The summed E-state index contributed by atoms with van der Waals surface area (Å²) in [6.07, 6.45) is 0. The van der Waals surface area contributed by atoms with Crippen molar-refractivity contribution in [1.82, 2.24) is 20.8 Å². The molecule has 8 nitrogen and oxygen atoms in total. The van der Waals surface area contributed by atoms with Gasteiger partial charge in [0, 0.05) is 28.7 Å². The smallest absolute Gasteiger partial charge is 0.316 e. The van der Waals surface area contributed by atoms with Crippen LogP contribution < -0.4 is 15.4 Å². The Morgan fingerprint density at radius 1 is 1.03 bits per heavy atom. The Labute approximate surface area is 188 Å². The van der Waals surface area contributed by atoms with Crippen molar-refractivity contribution in [3.05, 3.63) is 63.5 Å². The molecule has 0 saturated carbocycles. The summed E-state index contributed by atoms with van der Waals surface area (Å²) in [5.74, 6) is -0.184. The molecule has 0 spiro atoms. The third-order valence-electron chi connectivity index (χ3n) is 4.24. The Hall–Kier alpha value is -3.10. The Morgan fingerprint density at radius 2 is 1.68 bits per heavy atom. The van der Waals surface area contributed by atoms with Crippen molar-refractivity contribution in [2.24, 2.45) is 0 Å². The lowest BCUT2D eigenvalue weighted by atomic mass is 10.1. The first-order valence-corrected chi connectivity index (χ1v) is 10.1. The van der Waals surface area contributed by atoms with Gasteiger partial charge in [-0.1, -0.05) is 28.4 Å². The highest BCUT2D eigenvalue weighted by Crippen LogP contribution is 2.25. The Kier molecular flexibility index (Phi) is 7.49. The highest BCUT2D eigenvalue weighted by atomic mass is 35.5. The number of halogens is 2. The second kappa shape index (κ2) is 10.3. The van der Waals surface area contributed by atoms with Crippen LogP contribution in [0.1, 0.15) is 21.8 Å². The normalized spacial score (nSPS) is 10.6. The number of ether oxygens (including phenoxy) is 1. The van der Waals surface area contributed by atoms with Gasteiger partial charge >= 0.3 is 11.8 Å². The quantitative estimate of drug-likeness (QED) is 0.495. The highest BCUT2D eigenvalue weighted by Gasteiger charge is 2.16. The fourth-order valence-corrected chi connectivity index (χ4v) is 2.91. The SMILES string of the molecule is Cc1cc(OCC(=O)NCCNC(=O)c2nc(-c3ccc(Cl)cc3)no2)cc(C)c1Cl. The number of hydrogen-bond donors (Lipinski definition) is 2. The van der Waals surface area contributed by atoms with Crippen molar-refractivity contribution in [3.63, 3.8) is 0 Å². The number of aryl methyl sites for hydroxylation is 2. The average Bonchev–Trinajstić information content (AvgIpc) is 3.24. The second-order valence-electron chi connectivity index (χ2n) is 6.70. The third-order valence-corrected chi connectivity index (χ3v) is 5.08. The molecule has 0 radical (unpaired) electrons.